The molecule has 8 heteroatoms. The number of alkyl halides is 1. The standard InChI is InChI=1S/C20H24FN3O4/c1-2-23-10-13(21)8-15(11-23)28-14-3-4-16-12(7-14)9-24(20(16)27)17-5-6-18(25)22-19(17)26/h3-4,7,13,15,17H,2,5-6,8-11H2,1H3,(H,22,25,26)/t13-,15-,17?/m1/s1. The van der Waals surface area contributed by atoms with Crippen LogP contribution in [0.25, 0.3) is 0 Å². The van der Waals surface area contributed by atoms with E-state index in [1.165, 1.54) is 4.90 Å². The molecule has 4 rings (SSSR count). The zero-order valence-corrected chi connectivity index (χ0v) is 15.8. The van der Waals surface area contributed by atoms with E-state index >= 15 is 0 Å². The summed E-state index contributed by atoms with van der Waals surface area (Å²) in [6, 6.07) is 4.59. The van der Waals surface area contributed by atoms with Crippen molar-refractivity contribution >= 4 is 17.7 Å². The van der Waals surface area contributed by atoms with Gasteiger partial charge in [-0.05, 0) is 36.7 Å². The highest BCUT2D eigenvalue weighted by Gasteiger charge is 2.39. The van der Waals surface area contributed by atoms with Crippen LogP contribution in [-0.2, 0) is 16.1 Å². The molecule has 1 N–H and O–H groups in total. The molecule has 1 aromatic rings. The fourth-order valence-electron chi connectivity index (χ4n) is 4.24. The summed E-state index contributed by atoms with van der Waals surface area (Å²) in [7, 11) is 0. The molecular weight excluding hydrogens is 365 g/mol. The highest BCUT2D eigenvalue weighted by atomic mass is 19.1. The van der Waals surface area contributed by atoms with Gasteiger partial charge in [0.05, 0.1) is 0 Å². The van der Waals surface area contributed by atoms with Crippen LogP contribution in [0.5, 0.6) is 5.75 Å². The molecule has 0 radical (unpaired) electrons. The molecule has 0 aliphatic carbocycles. The molecule has 150 valence electrons. The van der Waals surface area contributed by atoms with E-state index in [4.69, 9.17) is 4.74 Å². The van der Waals surface area contributed by atoms with E-state index < -0.39 is 18.1 Å². The van der Waals surface area contributed by atoms with Crippen molar-refractivity contribution in [1.29, 1.82) is 0 Å². The third-order valence-corrected chi connectivity index (χ3v) is 5.68. The summed E-state index contributed by atoms with van der Waals surface area (Å²) in [4.78, 5) is 39.7. The number of hydrogen-bond donors (Lipinski definition) is 1. The van der Waals surface area contributed by atoms with Gasteiger partial charge in [0.25, 0.3) is 5.91 Å². The number of imide groups is 1. The van der Waals surface area contributed by atoms with Crippen molar-refractivity contribution in [3.8, 4) is 5.75 Å². The number of rotatable bonds is 4. The number of ether oxygens (including phenoxy) is 1. The first-order valence-corrected chi connectivity index (χ1v) is 9.75. The minimum atomic E-state index is -0.905. The lowest BCUT2D eigenvalue weighted by Gasteiger charge is -2.34. The molecule has 2 fully saturated rings. The number of halogens is 1. The van der Waals surface area contributed by atoms with Crippen LogP contribution in [0.2, 0.25) is 0 Å². The number of nitrogens with one attached hydrogen (secondary N) is 1. The van der Waals surface area contributed by atoms with Gasteiger partial charge in [0.1, 0.15) is 24.1 Å². The first kappa shape index (κ1) is 18.9. The van der Waals surface area contributed by atoms with Gasteiger partial charge in [0.2, 0.25) is 11.8 Å². The molecule has 3 aliphatic rings. The maximum atomic E-state index is 13.9. The summed E-state index contributed by atoms with van der Waals surface area (Å²) in [5.74, 6) is -0.341. The van der Waals surface area contributed by atoms with E-state index in [1.807, 2.05) is 11.8 Å². The highest BCUT2D eigenvalue weighted by molar-refractivity contribution is 6.05. The molecule has 2 saturated heterocycles. The minimum absolute atomic E-state index is 0.213. The predicted octanol–water partition coefficient (Wildman–Crippen LogP) is 1.26. The van der Waals surface area contributed by atoms with E-state index in [2.05, 4.69) is 5.32 Å². The number of amides is 3. The molecule has 0 bridgehead atoms. The summed E-state index contributed by atoms with van der Waals surface area (Å²) < 4.78 is 19.9. The zero-order valence-electron chi connectivity index (χ0n) is 15.8. The topological polar surface area (TPSA) is 79.0 Å². The van der Waals surface area contributed by atoms with Crippen molar-refractivity contribution in [3.63, 3.8) is 0 Å². The second-order valence-electron chi connectivity index (χ2n) is 7.64. The van der Waals surface area contributed by atoms with Gasteiger partial charge in [-0.15, -0.1) is 0 Å². The van der Waals surface area contributed by atoms with Crippen LogP contribution in [0.3, 0.4) is 0 Å². The van der Waals surface area contributed by atoms with Crippen molar-refractivity contribution in [1.82, 2.24) is 15.1 Å². The molecule has 3 aliphatic heterocycles. The molecule has 0 aromatic heterocycles. The smallest absolute Gasteiger partial charge is 0.255 e. The largest absolute Gasteiger partial charge is 0.489 e. The van der Waals surface area contributed by atoms with E-state index in [9.17, 15) is 18.8 Å². The predicted molar refractivity (Wildman–Crippen MR) is 98.5 cm³/mol. The molecule has 0 saturated carbocycles. The molecule has 3 heterocycles. The van der Waals surface area contributed by atoms with Gasteiger partial charge >= 0.3 is 0 Å². The Bertz CT molecular complexity index is 815. The van der Waals surface area contributed by atoms with Gasteiger partial charge in [-0.2, -0.15) is 0 Å². The summed E-state index contributed by atoms with van der Waals surface area (Å²) in [6.07, 6.45) is -0.219. The first-order valence-electron chi connectivity index (χ1n) is 9.75. The summed E-state index contributed by atoms with van der Waals surface area (Å²) in [5, 5.41) is 2.30. The van der Waals surface area contributed by atoms with E-state index in [-0.39, 0.29) is 24.3 Å². The average Bonchev–Trinajstić information content (AvgIpc) is 2.97. The van der Waals surface area contributed by atoms with E-state index in [1.54, 1.807) is 18.2 Å². The number of carbonyl (C=O) groups is 3. The van der Waals surface area contributed by atoms with Crippen molar-refractivity contribution in [2.45, 2.75) is 51.0 Å². The number of carbonyl (C=O) groups excluding carboxylic acids is 3. The third kappa shape index (κ3) is 3.61. The van der Waals surface area contributed by atoms with Crippen molar-refractivity contribution < 1.29 is 23.5 Å². The molecule has 7 nitrogen and oxygen atoms in total. The van der Waals surface area contributed by atoms with Crippen LogP contribution < -0.4 is 10.1 Å². The van der Waals surface area contributed by atoms with Crippen LogP contribution in [0.1, 0.15) is 42.1 Å². The number of nitrogens with zero attached hydrogens (tertiary/aromatic N) is 2. The number of benzene rings is 1. The van der Waals surface area contributed by atoms with Gasteiger partial charge in [-0.25, -0.2) is 4.39 Å². The lowest BCUT2D eigenvalue weighted by atomic mass is 10.0. The normalized spacial score (nSPS) is 28.3. The molecule has 28 heavy (non-hydrogen) atoms. The first-order chi connectivity index (χ1) is 13.4. The Kier molecular flexibility index (Phi) is 5.05. The van der Waals surface area contributed by atoms with Gasteiger partial charge in [0.15, 0.2) is 0 Å². The van der Waals surface area contributed by atoms with Gasteiger partial charge in [0, 0.05) is 38.0 Å². The zero-order chi connectivity index (χ0) is 19.8. The van der Waals surface area contributed by atoms with Crippen molar-refractivity contribution in [3.05, 3.63) is 29.3 Å². The van der Waals surface area contributed by atoms with Gasteiger partial charge in [-0.3, -0.25) is 24.6 Å². The van der Waals surface area contributed by atoms with Gasteiger partial charge < -0.3 is 9.64 Å². The fraction of sp³-hybridized carbons (Fsp3) is 0.550. The molecule has 3 amide bonds. The monoisotopic (exact) mass is 389 g/mol. The SMILES string of the molecule is CCN1C[C@H](F)C[C@@H](Oc2ccc3c(c2)CN(C2CCC(=O)NC2=O)C3=O)C1. The van der Waals surface area contributed by atoms with Crippen molar-refractivity contribution in [2.75, 3.05) is 19.6 Å². The Hall–Kier alpha value is -2.48. The average molecular weight is 389 g/mol. The minimum Gasteiger partial charge on any atom is -0.489 e. The number of likely N-dealkylation sites (tertiary alicyclic amines) is 1. The van der Waals surface area contributed by atoms with Crippen LogP contribution in [0, 0.1) is 0 Å². The second kappa shape index (κ2) is 7.50. The maximum Gasteiger partial charge on any atom is 0.255 e. The highest BCUT2D eigenvalue weighted by Crippen LogP contribution is 2.31. The number of fused-ring (bicyclic) bond motifs is 1. The summed E-state index contributed by atoms with van der Waals surface area (Å²) in [6.45, 7) is 4.19. The van der Waals surface area contributed by atoms with Crippen molar-refractivity contribution in [2.24, 2.45) is 0 Å². The van der Waals surface area contributed by atoms with Gasteiger partial charge in [-0.1, -0.05) is 6.92 Å². The Morgan fingerprint density at radius 3 is 2.82 bits per heavy atom. The molecule has 1 unspecified atom stereocenters. The van der Waals surface area contributed by atoms with Crippen LogP contribution in [-0.4, -0.2) is 65.5 Å². The lowest BCUT2D eigenvalue weighted by molar-refractivity contribution is -0.136. The number of piperidine rings is 2. The third-order valence-electron chi connectivity index (χ3n) is 5.68. The molecule has 1 aromatic carbocycles. The Balaban J connectivity index is 1.46. The Morgan fingerprint density at radius 2 is 2.07 bits per heavy atom. The fourth-order valence-corrected chi connectivity index (χ4v) is 4.24. The Morgan fingerprint density at radius 1 is 1.25 bits per heavy atom. The van der Waals surface area contributed by atoms with Crippen LogP contribution in [0.4, 0.5) is 4.39 Å². The molecule has 3 atom stereocenters. The quantitative estimate of drug-likeness (QED) is 0.785. The maximum absolute atomic E-state index is 13.9. The number of likely N-dealkylation sites (N-methyl/N-ethyl adjacent to an activating group) is 1. The molecule has 0 spiro atoms. The van der Waals surface area contributed by atoms with E-state index in [0.29, 0.717) is 43.8 Å². The van der Waals surface area contributed by atoms with E-state index in [0.717, 1.165) is 12.1 Å². The lowest BCUT2D eigenvalue weighted by Crippen LogP contribution is -2.52. The van der Waals surface area contributed by atoms with Crippen LogP contribution in [0.15, 0.2) is 18.2 Å². The molecular formula is C20H24FN3O4. The summed E-state index contributed by atoms with van der Waals surface area (Å²) >= 11 is 0. The second-order valence-corrected chi connectivity index (χ2v) is 7.64. The van der Waals surface area contributed by atoms with Crippen LogP contribution >= 0.6 is 0 Å². The number of hydrogen-bond acceptors (Lipinski definition) is 5. The summed E-state index contributed by atoms with van der Waals surface area (Å²) in [5.41, 5.74) is 1.33. The Labute approximate surface area is 162 Å².